The first-order valence-electron chi connectivity index (χ1n) is 8.63. The van der Waals surface area contributed by atoms with E-state index in [4.69, 9.17) is 11.6 Å². The first kappa shape index (κ1) is 19.5. The molecule has 0 bridgehead atoms. The molecule has 0 fully saturated rings. The van der Waals surface area contributed by atoms with Crippen molar-refractivity contribution in [3.8, 4) is 0 Å². The highest BCUT2D eigenvalue weighted by atomic mass is 79.9. The van der Waals surface area contributed by atoms with Crippen LogP contribution < -0.4 is 5.32 Å². The van der Waals surface area contributed by atoms with Gasteiger partial charge in [0, 0.05) is 17.4 Å². The standard InChI is InChI=1S/C19H15BrClFN6O/c1-10-16(11(2)28(25-10)9-12-4-5-13(22)8-14(12)21)24-19(29)17-15(20)18-23-6-3-7-27(18)26-17/h3-8H,9H2,1-2H3,(H,24,29). The highest BCUT2D eigenvalue weighted by molar-refractivity contribution is 9.10. The van der Waals surface area contributed by atoms with Crippen molar-refractivity contribution in [2.45, 2.75) is 20.4 Å². The van der Waals surface area contributed by atoms with Gasteiger partial charge in [0.15, 0.2) is 11.3 Å². The zero-order valence-electron chi connectivity index (χ0n) is 15.4. The van der Waals surface area contributed by atoms with Crippen LogP contribution in [0.4, 0.5) is 10.1 Å². The van der Waals surface area contributed by atoms with Crippen molar-refractivity contribution < 1.29 is 9.18 Å². The van der Waals surface area contributed by atoms with Crippen LogP contribution in [0.25, 0.3) is 5.65 Å². The molecule has 1 aromatic carbocycles. The molecule has 3 heterocycles. The number of fused-ring (bicyclic) bond motifs is 1. The fourth-order valence-corrected chi connectivity index (χ4v) is 3.79. The summed E-state index contributed by atoms with van der Waals surface area (Å²) in [6.45, 7) is 3.99. The van der Waals surface area contributed by atoms with Gasteiger partial charge in [-0.2, -0.15) is 10.2 Å². The summed E-state index contributed by atoms with van der Waals surface area (Å²) in [7, 11) is 0. The Labute approximate surface area is 178 Å². The van der Waals surface area contributed by atoms with Gasteiger partial charge in [0.05, 0.1) is 28.1 Å². The lowest BCUT2D eigenvalue weighted by atomic mass is 10.2. The van der Waals surface area contributed by atoms with Gasteiger partial charge < -0.3 is 5.32 Å². The molecule has 0 aliphatic heterocycles. The maximum absolute atomic E-state index is 13.3. The first-order chi connectivity index (χ1) is 13.8. The highest BCUT2D eigenvalue weighted by Gasteiger charge is 2.21. The van der Waals surface area contributed by atoms with Crippen molar-refractivity contribution in [2.24, 2.45) is 0 Å². The van der Waals surface area contributed by atoms with E-state index in [0.717, 1.165) is 11.3 Å². The molecular weight excluding hydrogens is 463 g/mol. The van der Waals surface area contributed by atoms with E-state index in [1.807, 2.05) is 6.92 Å². The van der Waals surface area contributed by atoms with Gasteiger partial charge in [-0.25, -0.2) is 13.9 Å². The molecule has 0 unspecified atom stereocenters. The average molecular weight is 478 g/mol. The number of halogens is 3. The number of nitrogens with one attached hydrogen (secondary N) is 1. The molecule has 3 aromatic heterocycles. The molecule has 29 heavy (non-hydrogen) atoms. The van der Waals surface area contributed by atoms with Gasteiger partial charge in [0.1, 0.15) is 5.82 Å². The molecule has 0 spiro atoms. The predicted octanol–water partition coefficient (Wildman–Crippen LogP) is 4.40. The predicted molar refractivity (Wildman–Crippen MR) is 111 cm³/mol. The van der Waals surface area contributed by atoms with Crippen LogP contribution >= 0.6 is 27.5 Å². The lowest BCUT2D eigenvalue weighted by molar-refractivity contribution is 0.102. The quantitative estimate of drug-likeness (QED) is 0.473. The van der Waals surface area contributed by atoms with Crippen molar-refractivity contribution >= 4 is 44.8 Å². The number of hydrogen-bond acceptors (Lipinski definition) is 4. The SMILES string of the molecule is Cc1nn(Cc2ccc(F)cc2Cl)c(C)c1NC(=O)c1nn2cccnc2c1Br. The molecule has 1 amide bonds. The molecule has 4 aromatic rings. The molecule has 148 valence electrons. The van der Waals surface area contributed by atoms with Gasteiger partial charge in [0.25, 0.3) is 5.91 Å². The average Bonchev–Trinajstić information content (AvgIpc) is 3.16. The molecule has 10 heteroatoms. The van der Waals surface area contributed by atoms with Gasteiger partial charge >= 0.3 is 0 Å². The first-order valence-corrected chi connectivity index (χ1v) is 9.80. The van der Waals surface area contributed by atoms with E-state index >= 15 is 0 Å². The van der Waals surface area contributed by atoms with Crippen molar-refractivity contribution in [1.82, 2.24) is 24.4 Å². The Hall–Kier alpha value is -2.78. The van der Waals surface area contributed by atoms with E-state index in [2.05, 4.69) is 36.4 Å². The lowest BCUT2D eigenvalue weighted by Crippen LogP contribution is -2.14. The highest BCUT2D eigenvalue weighted by Crippen LogP contribution is 2.26. The van der Waals surface area contributed by atoms with E-state index in [9.17, 15) is 9.18 Å². The number of aromatic nitrogens is 5. The van der Waals surface area contributed by atoms with Crippen LogP contribution in [0, 0.1) is 19.7 Å². The van der Waals surface area contributed by atoms with E-state index in [0.29, 0.717) is 33.1 Å². The van der Waals surface area contributed by atoms with Crippen LogP contribution in [0.3, 0.4) is 0 Å². The van der Waals surface area contributed by atoms with Crippen molar-refractivity contribution in [1.29, 1.82) is 0 Å². The topological polar surface area (TPSA) is 77.1 Å². The number of amides is 1. The van der Waals surface area contributed by atoms with Crippen LogP contribution in [0.1, 0.15) is 27.4 Å². The number of nitrogens with zero attached hydrogens (tertiary/aromatic N) is 5. The fourth-order valence-electron chi connectivity index (χ4n) is 3.02. The molecule has 0 radical (unpaired) electrons. The van der Waals surface area contributed by atoms with Crippen LogP contribution in [-0.4, -0.2) is 30.3 Å². The van der Waals surface area contributed by atoms with E-state index in [-0.39, 0.29) is 11.6 Å². The Morgan fingerprint density at radius 1 is 1.31 bits per heavy atom. The molecule has 0 aliphatic rings. The molecule has 4 rings (SSSR count). The third-order valence-corrected chi connectivity index (χ3v) is 5.59. The summed E-state index contributed by atoms with van der Waals surface area (Å²) in [5.41, 5.74) is 3.47. The number of carbonyl (C=O) groups is 1. The molecule has 0 saturated carbocycles. The van der Waals surface area contributed by atoms with Gasteiger partial charge in [-0.15, -0.1) is 0 Å². The number of hydrogen-bond donors (Lipinski definition) is 1. The Morgan fingerprint density at radius 2 is 2.10 bits per heavy atom. The van der Waals surface area contributed by atoms with Crippen molar-refractivity contribution in [2.75, 3.05) is 5.32 Å². The molecular formula is C19H15BrClFN6O. The van der Waals surface area contributed by atoms with Gasteiger partial charge in [0.2, 0.25) is 0 Å². The monoisotopic (exact) mass is 476 g/mol. The summed E-state index contributed by atoms with van der Waals surface area (Å²) in [6, 6.07) is 5.96. The molecule has 0 atom stereocenters. The van der Waals surface area contributed by atoms with Crippen LogP contribution in [0.5, 0.6) is 0 Å². The zero-order chi connectivity index (χ0) is 20.7. The summed E-state index contributed by atoms with van der Waals surface area (Å²) in [5.74, 6) is -0.777. The summed E-state index contributed by atoms with van der Waals surface area (Å²) < 4.78 is 17.0. The third kappa shape index (κ3) is 3.63. The van der Waals surface area contributed by atoms with Gasteiger partial charge in [-0.05, 0) is 53.5 Å². The van der Waals surface area contributed by atoms with E-state index in [1.54, 1.807) is 36.1 Å². The molecule has 7 nitrogen and oxygen atoms in total. The summed E-state index contributed by atoms with van der Waals surface area (Å²) in [6.07, 6.45) is 3.34. The Balaban J connectivity index is 1.62. The maximum atomic E-state index is 13.3. The second-order valence-electron chi connectivity index (χ2n) is 6.44. The Bertz CT molecular complexity index is 1250. The number of anilines is 1. The number of aryl methyl sites for hydroxylation is 1. The van der Waals surface area contributed by atoms with E-state index < -0.39 is 5.82 Å². The van der Waals surface area contributed by atoms with Crippen molar-refractivity contribution in [3.63, 3.8) is 0 Å². The molecule has 0 aliphatic carbocycles. The Kier molecular flexibility index (Phi) is 5.10. The fraction of sp³-hybridized carbons (Fsp3) is 0.158. The van der Waals surface area contributed by atoms with Crippen LogP contribution in [0.15, 0.2) is 41.1 Å². The number of carbonyl (C=O) groups excluding carboxylic acids is 1. The van der Waals surface area contributed by atoms with Gasteiger partial charge in [-0.1, -0.05) is 17.7 Å². The van der Waals surface area contributed by atoms with Crippen LogP contribution in [0.2, 0.25) is 5.02 Å². The summed E-state index contributed by atoms with van der Waals surface area (Å²) in [5, 5.41) is 12.0. The zero-order valence-corrected chi connectivity index (χ0v) is 17.8. The summed E-state index contributed by atoms with van der Waals surface area (Å²) in [4.78, 5) is 17.0. The smallest absolute Gasteiger partial charge is 0.277 e. The van der Waals surface area contributed by atoms with Crippen molar-refractivity contribution in [3.05, 3.63) is 74.6 Å². The second-order valence-corrected chi connectivity index (χ2v) is 7.64. The lowest BCUT2D eigenvalue weighted by Gasteiger charge is -2.08. The number of benzene rings is 1. The molecule has 0 saturated heterocycles. The normalized spacial score (nSPS) is 11.2. The minimum Gasteiger partial charge on any atom is -0.317 e. The largest absolute Gasteiger partial charge is 0.317 e. The third-order valence-electron chi connectivity index (χ3n) is 4.51. The minimum atomic E-state index is -0.396. The van der Waals surface area contributed by atoms with E-state index in [1.165, 1.54) is 16.6 Å². The second kappa shape index (κ2) is 7.57. The minimum absolute atomic E-state index is 0.219. The number of rotatable bonds is 4. The van der Waals surface area contributed by atoms with Gasteiger partial charge in [-0.3, -0.25) is 9.48 Å². The van der Waals surface area contributed by atoms with Crippen LogP contribution in [-0.2, 0) is 6.54 Å². The molecule has 1 N–H and O–H groups in total. The Morgan fingerprint density at radius 3 is 2.83 bits per heavy atom. The summed E-state index contributed by atoms with van der Waals surface area (Å²) >= 11 is 9.52. The maximum Gasteiger partial charge on any atom is 0.277 e.